The van der Waals surface area contributed by atoms with Gasteiger partial charge in [0.15, 0.2) is 0 Å². The standard InChI is InChI=1S/C8H8N2.ClH/c1-2-6-10-7-3-5-9-8(10)4-1;/h1-6H,7H2;1H. The lowest BCUT2D eigenvalue weighted by Gasteiger charge is -2.22. The highest BCUT2D eigenvalue weighted by Gasteiger charge is 2.07. The average Bonchev–Trinajstić information content (AvgIpc) is 2.05. The van der Waals surface area contributed by atoms with Crippen molar-refractivity contribution >= 4 is 18.2 Å². The molecule has 0 unspecified atom stereocenters. The van der Waals surface area contributed by atoms with E-state index in [0.29, 0.717) is 0 Å². The van der Waals surface area contributed by atoms with Gasteiger partial charge in [0.1, 0.15) is 5.84 Å². The number of fused-ring (bicyclic) bond motifs is 1. The predicted octanol–water partition coefficient (Wildman–Crippen LogP) is 1.72. The van der Waals surface area contributed by atoms with Crippen molar-refractivity contribution in [2.24, 2.45) is 4.99 Å². The summed E-state index contributed by atoms with van der Waals surface area (Å²) in [5, 5.41) is 0. The zero-order chi connectivity index (χ0) is 6.81. The Hall–Kier alpha value is -1.02. The van der Waals surface area contributed by atoms with Crippen LogP contribution in [0.4, 0.5) is 0 Å². The molecule has 0 amide bonds. The van der Waals surface area contributed by atoms with Crippen molar-refractivity contribution in [3.8, 4) is 0 Å². The number of amidine groups is 1. The van der Waals surface area contributed by atoms with Gasteiger partial charge >= 0.3 is 0 Å². The van der Waals surface area contributed by atoms with E-state index in [1.807, 2.05) is 36.7 Å². The molecule has 2 rings (SSSR count). The van der Waals surface area contributed by atoms with Gasteiger partial charge < -0.3 is 4.90 Å². The highest BCUT2D eigenvalue weighted by Crippen LogP contribution is 2.06. The lowest BCUT2D eigenvalue weighted by molar-refractivity contribution is 0.614. The molecular weight excluding hydrogens is 160 g/mol. The number of halogens is 1. The van der Waals surface area contributed by atoms with E-state index in [2.05, 4.69) is 9.89 Å². The SMILES string of the molecule is C1=CC2=NC=CCN2C=C1.Cl. The quantitative estimate of drug-likeness (QED) is 0.538. The molecule has 0 aromatic rings. The van der Waals surface area contributed by atoms with E-state index in [-0.39, 0.29) is 12.4 Å². The van der Waals surface area contributed by atoms with Crippen molar-refractivity contribution in [3.05, 3.63) is 36.7 Å². The Kier molecular flexibility index (Phi) is 2.49. The number of hydrogen-bond donors (Lipinski definition) is 0. The molecule has 0 saturated carbocycles. The second-order valence-corrected chi connectivity index (χ2v) is 2.23. The van der Waals surface area contributed by atoms with Crippen LogP contribution in [0.5, 0.6) is 0 Å². The molecule has 58 valence electrons. The fraction of sp³-hybridized carbons (Fsp3) is 0.125. The summed E-state index contributed by atoms with van der Waals surface area (Å²) in [5.41, 5.74) is 0. The number of rotatable bonds is 0. The van der Waals surface area contributed by atoms with Crippen molar-refractivity contribution in [2.75, 3.05) is 6.54 Å². The van der Waals surface area contributed by atoms with Crippen LogP contribution >= 0.6 is 12.4 Å². The smallest absolute Gasteiger partial charge is 0.132 e. The topological polar surface area (TPSA) is 15.6 Å². The second kappa shape index (κ2) is 3.39. The first-order valence-electron chi connectivity index (χ1n) is 3.31. The fourth-order valence-electron chi connectivity index (χ4n) is 1.03. The van der Waals surface area contributed by atoms with Gasteiger partial charge in [0.2, 0.25) is 0 Å². The van der Waals surface area contributed by atoms with E-state index in [1.165, 1.54) is 0 Å². The summed E-state index contributed by atoms with van der Waals surface area (Å²) in [5.74, 6) is 1.03. The summed E-state index contributed by atoms with van der Waals surface area (Å²) in [4.78, 5) is 6.27. The normalized spacial score (nSPS) is 18.9. The Morgan fingerprint density at radius 1 is 1.36 bits per heavy atom. The van der Waals surface area contributed by atoms with Gasteiger partial charge in [0.05, 0.1) is 0 Å². The highest BCUT2D eigenvalue weighted by atomic mass is 35.5. The molecule has 0 bridgehead atoms. The van der Waals surface area contributed by atoms with E-state index in [0.717, 1.165) is 12.4 Å². The van der Waals surface area contributed by atoms with Gasteiger partial charge in [0, 0.05) is 18.9 Å². The van der Waals surface area contributed by atoms with E-state index in [1.54, 1.807) is 0 Å². The van der Waals surface area contributed by atoms with E-state index in [9.17, 15) is 0 Å². The molecule has 2 heterocycles. The van der Waals surface area contributed by atoms with Crippen LogP contribution in [0.1, 0.15) is 0 Å². The van der Waals surface area contributed by atoms with E-state index >= 15 is 0 Å². The van der Waals surface area contributed by atoms with Gasteiger partial charge in [-0.1, -0.05) is 6.08 Å². The molecule has 0 aliphatic carbocycles. The summed E-state index contributed by atoms with van der Waals surface area (Å²) in [7, 11) is 0. The van der Waals surface area contributed by atoms with E-state index in [4.69, 9.17) is 0 Å². The monoisotopic (exact) mass is 168 g/mol. The zero-order valence-corrected chi connectivity index (χ0v) is 6.79. The van der Waals surface area contributed by atoms with E-state index < -0.39 is 0 Å². The zero-order valence-electron chi connectivity index (χ0n) is 5.97. The summed E-state index contributed by atoms with van der Waals surface area (Å²) in [6.07, 6.45) is 11.9. The molecule has 0 radical (unpaired) electrons. The lowest BCUT2D eigenvalue weighted by Crippen LogP contribution is -2.27. The van der Waals surface area contributed by atoms with Crippen molar-refractivity contribution in [3.63, 3.8) is 0 Å². The molecule has 2 nitrogen and oxygen atoms in total. The van der Waals surface area contributed by atoms with Crippen LogP contribution in [-0.2, 0) is 0 Å². The van der Waals surface area contributed by atoms with Crippen molar-refractivity contribution < 1.29 is 0 Å². The molecule has 0 aromatic carbocycles. The second-order valence-electron chi connectivity index (χ2n) is 2.23. The van der Waals surface area contributed by atoms with Crippen LogP contribution < -0.4 is 0 Å². The summed E-state index contributed by atoms with van der Waals surface area (Å²) < 4.78 is 0. The average molecular weight is 169 g/mol. The minimum atomic E-state index is 0. The Morgan fingerprint density at radius 2 is 2.27 bits per heavy atom. The van der Waals surface area contributed by atoms with Gasteiger partial charge in [-0.15, -0.1) is 12.4 Å². The molecule has 0 spiro atoms. The van der Waals surface area contributed by atoms with Crippen LogP contribution in [-0.4, -0.2) is 17.3 Å². The van der Waals surface area contributed by atoms with Crippen molar-refractivity contribution in [1.29, 1.82) is 0 Å². The molecule has 3 heteroatoms. The maximum atomic E-state index is 4.18. The van der Waals surface area contributed by atoms with Crippen molar-refractivity contribution in [2.45, 2.75) is 0 Å². The van der Waals surface area contributed by atoms with Crippen LogP contribution in [0.2, 0.25) is 0 Å². The van der Waals surface area contributed by atoms with Crippen molar-refractivity contribution in [1.82, 2.24) is 4.90 Å². The third kappa shape index (κ3) is 1.52. The van der Waals surface area contributed by atoms with Gasteiger partial charge in [-0.25, -0.2) is 4.99 Å². The van der Waals surface area contributed by atoms with Gasteiger partial charge in [-0.3, -0.25) is 0 Å². The molecule has 0 fully saturated rings. The van der Waals surface area contributed by atoms with Gasteiger partial charge in [-0.05, 0) is 18.2 Å². The Morgan fingerprint density at radius 3 is 3.09 bits per heavy atom. The summed E-state index contributed by atoms with van der Waals surface area (Å²) in [6.45, 7) is 0.944. The predicted molar refractivity (Wildman–Crippen MR) is 48.8 cm³/mol. The van der Waals surface area contributed by atoms with Gasteiger partial charge in [0.25, 0.3) is 0 Å². The first kappa shape index (κ1) is 8.08. The summed E-state index contributed by atoms with van der Waals surface area (Å²) in [6, 6.07) is 0. The Labute approximate surface area is 72.0 Å². The summed E-state index contributed by atoms with van der Waals surface area (Å²) >= 11 is 0. The number of aliphatic imine (C=N–C) groups is 1. The molecule has 0 N–H and O–H groups in total. The first-order valence-corrected chi connectivity index (χ1v) is 3.31. The molecular formula is C8H9ClN2. The minimum Gasteiger partial charge on any atom is -0.329 e. The van der Waals surface area contributed by atoms with Crippen LogP contribution in [0, 0.1) is 0 Å². The van der Waals surface area contributed by atoms with Crippen LogP contribution in [0.15, 0.2) is 41.7 Å². The third-order valence-electron chi connectivity index (χ3n) is 1.53. The minimum absolute atomic E-state index is 0. The lowest BCUT2D eigenvalue weighted by atomic mass is 10.3. The molecule has 2 aliphatic rings. The Balaban J connectivity index is 0.000000605. The molecule has 0 atom stereocenters. The maximum Gasteiger partial charge on any atom is 0.132 e. The largest absolute Gasteiger partial charge is 0.329 e. The maximum absolute atomic E-state index is 4.18. The first-order chi connectivity index (χ1) is 4.97. The number of nitrogens with zero attached hydrogens (tertiary/aromatic N) is 2. The van der Waals surface area contributed by atoms with Crippen LogP contribution in [0.3, 0.4) is 0 Å². The molecule has 0 saturated heterocycles. The fourth-order valence-corrected chi connectivity index (χ4v) is 1.03. The molecule has 11 heavy (non-hydrogen) atoms. The van der Waals surface area contributed by atoms with Gasteiger partial charge in [-0.2, -0.15) is 0 Å². The highest BCUT2D eigenvalue weighted by molar-refractivity contribution is 5.95. The Bertz CT molecular complexity index is 251. The molecule has 2 aliphatic heterocycles. The number of hydrogen-bond acceptors (Lipinski definition) is 2. The third-order valence-corrected chi connectivity index (χ3v) is 1.53. The van der Waals surface area contributed by atoms with Crippen LogP contribution in [0.25, 0.3) is 0 Å². The molecule has 0 aromatic heterocycles. The number of allylic oxidation sites excluding steroid dienone is 2.